The molecule has 1 aliphatic rings. The van der Waals surface area contributed by atoms with Crippen molar-refractivity contribution < 1.29 is 38.1 Å². The third-order valence-electron chi connectivity index (χ3n) is 4.30. The Morgan fingerprint density at radius 1 is 0.700 bits per heavy atom. The average Bonchev–Trinajstić information content (AvgIpc) is 2.74. The highest BCUT2D eigenvalue weighted by molar-refractivity contribution is 6.30. The predicted octanol–water partition coefficient (Wildman–Crippen LogP) is 2.35. The van der Waals surface area contributed by atoms with Crippen LogP contribution >= 0.6 is 0 Å². The molecule has 0 radical (unpaired) electrons. The highest BCUT2D eigenvalue weighted by atomic mass is 16.6. The van der Waals surface area contributed by atoms with Crippen LogP contribution in [0.5, 0.6) is 11.5 Å². The lowest BCUT2D eigenvalue weighted by Gasteiger charge is -2.22. The van der Waals surface area contributed by atoms with Crippen LogP contribution in [0.1, 0.15) is 45.7 Å². The predicted molar refractivity (Wildman–Crippen MR) is 104 cm³/mol. The summed E-state index contributed by atoms with van der Waals surface area (Å²) in [4.78, 5) is 49.5. The largest absolute Gasteiger partial charge is 0.481 e. The number of esters is 2. The van der Waals surface area contributed by atoms with Gasteiger partial charge in [0.25, 0.3) is 0 Å². The fourth-order valence-electron chi connectivity index (χ4n) is 3.10. The van der Waals surface area contributed by atoms with Gasteiger partial charge in [-0.1, -0.05) is 24.3 Å². The van der Waals surface area contributed by atoms with Crippen molar-refractivity contribution in [2.45, 2.75) is 13.8 Å². The molecule has 8 heteroatoms. The number of carbonyl (C=O) groups excluding carboxylic acids is 4. The molecule has 0 heterocycles. The molecule has 0 bridgehead atoms. The summed E-state index contributed by atoms with van der Waals surface area (Å²) in [6, 6.07) is 9.12. The van der Waals surface area contributed by atoms with Gasteiger partial charge in [-0.2, -0.15) is 0 Å². The van der Waals surface area contributed by atoms with Crippen LogP contribution in [0, 0.1) is 0 Å². The minimum absolute atomic E-state index is 0.0711. The van der Waals surface area contributed by atoms with Gasteiger partial charge >= 0.3 is 11.9 Å². The lowest BCUT2D eigenvalue weighted by Crippen LogP contribution is -2.24. The standard InChI is InChI=1S/C22H20O8/c1-3-27-17(23)11-29-15-9-5-7-13-19(15)21(25)14-8-6-10-16(20(14)22(13)26)30-12-18(24)28-4-2/h5-10H,3-4,11-12H2,1-2H3. The van der Waals surface area contributed by atoms with Gasteiger partial charge in [-0.15, -0.1) is 0 Å². The molecule has 8 nitrogen and oxygen atoms in total. The van der Waals surface area contributed by atoms with Crippen LogP contribution in [0.15, 0.2) is 36.4 Å². The normalized spacial score (nSPS) is 11.9. The number of ether oxygens (including phenoxy) is 4. The van der Waals surface area contributed by atoms with Crippen molar-refractivity contribution in [3.8, 4) is 11.5 Å². The van der Waals surface area contributed by atoms with Crippen molar-refractivity contribution in [3.63, 3.8) is 0 Å². The van der Waals surface area contributed by atoms with E-state index in [1.54, 1.807) is 26.0 Å². The maximum absolute atomic E-state index is 13.1. The van der Waals surface area contributed by atoms with Crippen LogP contribution < -0.4 is 9.47 Å². The average molecular weight is 412 g/mol. The van der Waals surface area contributed by atoms with E-state index >= 15 is 0 Å². The van der Waals surface area contributed by atoms with Crippen LogP contribution in [-0.2, 0) is 19.1 Å². The highest BCUT2D eigenvalue weighted by Crippen LogP contribution is 2.37. The molecular weight excluding hydrogens is 392 g/mol. The van der Waals surface area contributed by atoms with Gasteiger partial charge in [-0.3, -0.25) is 9.59 Å². The maximum Gasteiger partial charge on any atom is 0.344 e. The summed E-state index contributed by atoms with van der Waals surface area (Å²) >= 11 is 0. The second-order valence-corrected chi connectivity index (χ2v) is 6.20. The number of fused-ring (bicyclic) bond motifs is 2. The quantitative estimate of drug-likeness (QED) is 0.519. The van der Waals surface area contributed by atoms with E-state index in [0.717, 1.165) is 0 Å². The molecule has 2 aromatic rings. The Morgan fingerprint density at radius 3 is 1.47 bits per heavy atom. The smallest absolute Gasteiger partial charge is 0.344 e. The van der Waals surface area contributed by atoms with Crippen molar-refractivity contribution in [1.82, 2.24) is 0 Å². The number of hydrogen-bond acceptors (Lipinski definition) is 8. The molecule has 0 N–H and O–H groups in total. The third kappa shape index (κ3) is 4.17. The van der Waals surface area contributed by atoms with Crippen LogP contribution in [0.3, 0.4) is 0 Å². The Bertz CT molecular complexity index is 927. The third-order valence-corrected chi connectivity index (χ3v) is 4.30. The summed E-state index contributed by atoms with van der Waals surface area (Å²) in [5.74, 6) is -1.83. The first-order chi connectivity index (χ1) is 14.5. The topological polar surface area (TPSA) is 105 Å². The van der Waals surface area contributed by atoms with Crippen LogP contribution in [0.25, 0.3) is 0 Å². The molecule has 0 atom stereocenters. The molecule has 0 saturated heterocycles. The molecular formula is C22H20O8. The van der Waals surface area contributed by atoms with Gasteiger partial charge in [0.15, 0.2) is 24.8 Å². The molecule has 0 aromatic heterocycles. The Kier molecular flexibility index (Phi) is 6.46. The van der Waals surface area contributed by atoms with Gasteiger partial charge in [0, 0.05) is 11.1 Å². The molecule has 0 aliphatic heterocycles. The summed E-state index contributed by atoms with van der Waals surface area (Å²) in [6.07, 6.45) is 0. The van der Waals surface area contributed by atoms with Crippen molar-refractivity contribution in [2.75, 3.05) is 26.4 Å². The Morgan fingerprint density at radius 2 is 1.10 bits per heavy atom. The lowest BCUT2D eigenvalue weighted by atomic mass is 9.83. The van der Waals surface area contributed by atoms with Crippen LogP contribution in [-0.4, -0.2) is 49.9 Å². The van der Waals surface area contributed by atoms with E-state index in [0.29, 0.717) is 0 Å². The van der Waals surface area contributed by atoms with E-state index in [1.807, 2.05) is 0 Å². The monoisotopic (exact) mass is 412 g/mol. The molecule has 156 valence electrons. The van der Waals surface area contributed by atoms with E-state index in [1.165, 1.54) is 24.3 Å². The zero-order valence-corrected chi connectivity index (χ0v) is 16.6. The van der Waals surface area contributed by atoms with Crippen molar-refractivity contribution in [3.05, 3.63) is 58.7 Å². The SMILES string of the molecule is CCOC(=O)COc1cccc2c1C(=O)c1cccc(OCC(=O)OCC)c1C2=O. The van der Waals surface area contributed by atoms with E-state index in [-0.39, 0.29) is 60.2 Å². The van der Waals surface area contributed by atoms with Crippen molar-refractivity contribution >= 4 is 23.5 Å². The molecule has 1 aliphatic carbocycles. The first-order valence-electron chi connectivity index (χ1n) is 9.40. The number of rotatable bonds is 8. The van der Waals surface area contributed by atoms with Crippen molar-refractivity contribution in [1.29, 1.82) is 0 Å². The molecule has 0 saturated carbocycles. The number of benzene rings is 2. The summed E-state index contributed by atoms with van der Waals surface area (Å²) in [6.45, 7) is 2.97. The number of hydrogen-bond donors (Lipinski definition) is 0. The minimum Gasteiger partial charge on any atom is -0.481 e. The minimum atomic E-state index is -0.584. The van der Waals surface area contributed by atoms with Gasteiger partial charge in [0.2, 0.25) is 0 Å². The molecule has 0 unspecified atom stereocenters. The summed E-state index contributed by atoms with van der Waals surface area (Å²) in [5, 5.41) is 0. The van der Waals surface area contributed by atoms with Crippen LogP contribution in [0.4, 0.5) is 0 Å². The first kappa shape index (κ1) is 21.0. The second kappa shape index (κ2) is 9.21. The van der Waals surface area contributed by atoms with E-state index in [4.69, 9.17) is 18.9 Å². The Labute approximate surface area is 172 Å². The first-order valence-corrected chi connectivity index (χ1v) is 9.40. The summed E-state index contributed by atoms with van der Waals surface area (Å²) in [7, 11) is 0. The lowest BCUT2D eigenvalue weighted by molar-refractivity contribution is -0.146. The van der Waals surface area contributed by atoms with E-state index in [2.05, 4.69) is 0 Å². The Hall–Kier alpha value is -3.68. The highest BCUT2D eigenvalue weighted by Gasteiger charge is 2.35. The maximum atomic E-state index is 13.1. The molecule has 0 spiro atoms. The molecule has 0 fully saturated rings. The zero-order valence-electron chi connectivity index (χ0n) is 16.6. The summed E-state index contributed by atoms with van der Waals surface area (Å²) < 4.78 is 20.5. The zero-order chi connectivity index (χ0) is 21.7. The molecule has 2 aromatic carbocycles. The fraction of sp³-hybridized carbons (Fsp3) is 0.273. The van der Waals surface area contributed by atoms with E-state index < -0.39 is 23.5 Å². The van der Waals surface area contributed by atoms with E-state index in [9.17, 15) is 19.2 Å². The molecule has 0 amide bonds. The van der Waals surface area contributed by atoms with Gasteiger partial charge in [0.05, 0.1) is 24.3 Å². The van der Waals surface area contributed by atoms with Gasteiger partial charge in [-0.25, -0.2) is 9.59 Å². The number of carbonyl (C=O) groups is 4. The summed E-state index contributed by atoms with van der Waals surface area (Å²) in [5.41, 5.74) is 0.394. The number of ketones is 2. The molecule has 30 heavy (non-hydrogen) atoms. The van der Waals surface area contributed by atoms with Gasteiger partial charge < -0.3 is 18.9 Å². The fourth-order valence-corrected chi connectivity index (χ4v) is 3.10. The van der Waals surface area contributed by atoms with Crippen LogP contribution in [0.2, 0.25) is 0 Å². The van der Waals surface area contributed by atoms with Gasteiger partial charge in [-0.05, 0) is 26.0 Å². The van der Waals surface area contributed by atoms with Crippen molar-refractivity contribution in [2.24, 2.45) is 0 Å². The molecule has 3 rings (SSSR count). The Balaban J connectivity index is 1.93. The van der Waals surface area contributed by atoms with Gasteiger partial charge in [0.1, 0.15) is 11.5 Å². The second-order valence-electron chi connectivity index (χ2n) is 6.20.